The number of nitrogens with one attached hydrogen (secondary N) is 1. The maximum absolute atomic E-state index is 12.5. The van der Waals surface area contributed by atoms with Gasteiger partial charge in [-0.25, -0.2) is 0 Å². The van der Waals surface area contributed by atoms with Gasteiger partial charge in [0, 0.05) is 11.3 Å². The Balaban J connectivity index is 1.52. The van der Waals surface area contributed by atoms with Crippen LogP contribution in [0.15, 0.2) is 84.9 Å². The van der Waals surface area contributed by atoms with Crippen molar-refractivity contribution in [3.05, 3.63) is 84.9 Å². The van der Waals surface area contributed by atoms with Crippen LogP contribution in [-0.4, -0.2) is 24.6 Å². The normalized spacial score (nSPS) is 11.3. The molecule has 1 amide bonds. The Morgan fingerprint density at radius 1 is 0.862 bits per heavy atom. The first-order valence-electron chi connectivity index (χ1n) is 9.46. The molecule has 0 spiro atoms. The van der Waals surface area contributed by atoms with E-state index in [0.717, 1.165) is 11.1 Å². The molecule has 29 heavy (non-hydrogen) atoms. The number of hydrogen-bond donors (Lipinski definition) is 1. The Morgan fingerprint density at radius 2 is 1.48 bits per heavy atom. The van der Waals surface area contributed by atoms with Crippen molar-refractivity contribution in [2.45, 2.75) is 19.4 Å². The smallest absolute Gasteiger partial charge is 0.310 e. The summed E-state index contributed by atoms with van der Waals surface area (Å²) in [5.41, 5.74) is 2.56. The van der Waals surface area contributed by atoms with Crippen LogP contribution < -0.4 is 10.1 Å². The monoisotopic (exact) mass is 389 g/mol. The molecule has 0 aromatic heterocycles. The molecular weight excluding hydrogens is 366 g/mol. The molecule has 148 valence electrons. The number of rotatable bonds is 8. The van der Waals surface area contributed by atoms with Gasteiger partial charge in [-0.2, -0.15) is 0 Å². The predicted octanol–water partition coefficient (Wildman–Crippen LogP) is 4.69. The molecule has 0 saturated heterocycles. The quantitative estimate of drug-likeness (QED) is 0.568. The van der Waals surface area contributed by atoms with Crippen molar-refractivity contribution in [2.75, 3.05) is 11.9 Å². The second kappa shape index (κ2) is 10.1. The van der Waals surface area contributed by atoms with E-state index in [1.165, 1.54) is 0 Å². The van der Waals surface area contributed by atoms with E-state index >= 15 is 0 Å². The number of amides is 1. The summed E-state index contributed by atoms with van der Waals surface area (Å²) < 4.78 is 10.7. The first-order chi connectivity index (χ1) is 14.1. The minimum Gasteiger partial charge on any atom is -0.493 e. The summed E-state index contributed by atoms with van der Waals surface area (Å²) in [6.07, 6.45) is -0.851. The van der Waals surface area contributed by atoms with Crippen molar-refractivity contribution >= 4 is 17.6 Å². The number of esters is 1. The second-order valence-electron chi connectivity index (χ2n) is 6.44. The van der Waals surface area contributed by atoms with Crippen molar-refractivity contribution in [1.29, 1.82) is 0 Å². The van der Waals surface area contributed by atoms with Crippen molar-refractivity contribution < 1.29 is 19.1 Å². The predicted molar refractivity (Wildman–Crippen MR) is 113 cm³/mol. The van der Waals surface area contributed by atoms with Crippen molar-refractivity contribution in [1.82, 2.24) is 0 Å². The lowest BCUT2D eigenvalue weighted by Crippen LogP contribution is -2.30. The third kappa shape index (κ3) is 5.94. The van der Waals surface area contributed by atoms with E-state index in [0.29, 0.717) is 11.4 Å². The molecule has 0 radical (unpaired) electrons. The highest BCUT2D eigenvalue weighted by atomic mass is 16.5. The van der Waals surface area contributed by atoms with Gasteiger partial charge in [-0.05, 0) is 30.7 Å². The summed E-state index contributed by atoms with van der Waals surface area (Å²) >= 11 is 0. The molecule has 0 saturated carbocycles. The Kier molecular flexibility index (Phi) is 7.00. The van der Waals surface area contributed by atoms with Gasteiger partial charge in [0.2, 0.25) is 0 Å². The molecule has 3 aromatic carbocycles. The SMILES string of the molecule is C[C@H](OC(=O)CCOc1ccccc1)C(=O)Nc1ccccc1-c1ccccc1. The highest BCUT2D eigenvalue weighted by Gasteiger charge is 2.19. The van der Waals surface area contributed by atoms with Crippen LogP contribution in [0.2, 0.25) is 0 Å². The van der Waals surface area contributed by atoms with Gasteiger partial charge in [-0.15, -0.1) is 0 Å². The third-order valence-corrected chi connectivity index (χ3v) is 4.27. The molecule has 3 aromatic rings. The van der Waals surface area contributed by atoms with Gasteiger partial charge in [-0.1, -0.05) is 66.7 Å². The number of anilines is 1. The van der Waals surface area contributed by atoms with Crippen LogP contribution in [0.5, 0.6) is 5.75 Å². The average molecular weight is 389 g/mol. The summed E-state index contributed by atoms with van der Waals surface area (Å²) in [6.45, 7) is 1.74. The van der Waals surface area contributed by atoms with Gasteiger partial charge in [0.1, 0.15) is 5.75 Å². The summed E-state index contributed by atoms with van der Waals surface area (Å²) in [6, 6.07) is 26.5. The number of para-hydroxylation sites is 2. The van der Waals surface area contributed by atoms with E-state index in [4.69, 9.17) is 9.47 Å². The highest BCUT2D eigenvalue weighted by Crippen LogP contribution is 2.27. The van der Waals surface area contributed by atoms with Crippen LogP contribution in [0.4, 0.5) is 5.69 Å². The molecule has 0 unspecified atom stereocenters. The molecule has 1 atom stereocenters. The fourth-order valence-electron chi connectivity index (χ4n) is 2.77. The summed E-state index contributed by atoms with van der Waals surface area (Å²) in [4.78, 5) is 24.5. The first kappa shape index (κ1) is 20.1. The Labute approximate surface area is 170 Å². The fraction of sp³-hybridized carbons (Fsp3) is 0.167. The van der Waals surface area contributed by atoms with E-state index in [-0.39, 0.29) is 18.9 Å². The molecular formula is C24H23NO4. The van der Waals surface area contributed by atoms with E-state index < -0.39 is 12.1 Å². The molecule has 5 heteroatoms. The van der Waals surface area contributed by atoms with Crippen molar-refractivity contribution in [2.24, 2.45) is 0 Å². The van der Waals surface area contributed by atoms with Crippen LogP contribution in [0, 0.1) is 0 Å². The minimum absolute atomic E-state index is 0.0626. The lowest BCUT2D eigenvalue weighted by Gasteiger charge is -2.16. The number of ether oxygens (including phenoxy) is 2. The van der Waals surface area contributed by atoms with Crippen LogP contribution in [0.25, 0.3) is 11.1 Å². The second-order valence-corrected chi connectivity index (χ2v) is 6.44. The number of benzene rings is 3. The lowest BCUT2D eigenvalue weighted by molar-refractivity contribution is -0.153. The number of carbonyl (C=O) groups excluding carboxylic acids is 2. The largest absolute Gasteiger partial charge is 0.493 e. The molecule has 0 aliphatic rings. The minimum atomic E-state index is -0.914. The van der Waals surface area contributed by atoms with Crippen LogP contribution in [-0.2, 0) is 14.3 Å². The van der Waals surface area contributed by atoms with Gasteiger partial charge in [0.25, 0.3) is 5.91 Å². The Hall–Kier alpha value is -3.60. The lowest BCUT2D eigenvalue weighted by atomic mass is 10.0. The zero-order valence-corrected chi connectivity index (χ0v) is 16.2. The molecule has 1 N–H and O–H groups in total. The van der Waals surface area contributed by atoms with Gasteiger partial charge >= 0.3 is 5.97 Å². The topological polar surface area (TPSA) is 64.6 Å². The maximum atomic E-state index is 12.5. The van der Waals surface area contributed by atoms with E-state index in [1.54, 1.807) is 6.92 Å². The van der Waals surface area contributed by atoms with Gasteiger partial charge in [0.15, 0.2) is 6.10 Å². The maximum Gasteiger partial charge on any atom is 0.310 e. The summed E-state index contributed by atoms with van der Waals surface area (Å²) in [5.74, 6) is -0.186. The van der Waals surface area contributed by atoms with Crippen molar-refractivity contribution in [3.63, 3.8) is 0 Å². The van der Waals surface area contributed by atoms with Gasteiger partial charge < -0.3 is 14.8 Å². The Morgan fingerprint density at radius 3 is 2.21 bits per heavy atom. The van der Waals surface area contributed by atoms with E-state index in [1.807, 2.05) is 84.9 Å². The van der Waals surface area contributed by atoms with Crippen LogP contribution in [0.3, 0.4) is 0 Å². The van der Waals surface area contributed by atoms with Crippen molar-refractivity contribution in [3.8, 4) is 16.9 Å². The summed E-state index contributed by atoms with van der Waals surface area (Å²) in [5, 5.41) is 2.85. The average Bonchev–Trinajstić information content (AvgIpc) is 2.75. The standard InChI is InChI=1S/C24H23NO4/c1-18(29-23(26)16-17-28-20-12-6-3-7-13-20)24(27)25-22-15-9-8-14-21(22)19-10-4-2-5-11-19/h2-15,18H,16-17H2,1H3,(H,25,27)/t18-/m0/s1. The molecule has 0 aliphatic heterocycles. The fourth-order valence-corrected chi connectivity index (χ4v) is 2.77. The molecule has 0 aliphatic carbocycles. The summed E-state index contributed by atoms with van der Waals surface area (Å²) in [7, 11) is 0. The third-order valence-electron chi connectivity index (χ3n) is 4.27. The first-order valence-corrected chi connectivity index (χ1v) is 9.46. The molecule has 0 fully saturated rings. The zero-order chi connectivity index (χ0) is 20.5. The Bertz CT molecular complexity index is 941. The van der Waals surface area contributed by atoms with Gasteiger partial charge in [-0.3, -0.25) is 9.59 Å². The molecule has 0 heterocycles. The van der Waals surface area contributed by atoms with Gasteiger partial charge in [0.05, 0.1) is 13.0 Å². The number of hydrogen-bond acceptors (Lipinski definition) is 4. The molecule has 5 nitrogen and oxygen atoms in total. The van der Waals surface area contributed by atoms with E-state index in [9.17, 15) is 9.59 Å². The zero-order valence-electron chi connectivity index (χ0n) is 16.2. The van der Waals surface area contributed by atoms with E-state index in [2.05, 4.69) is 5.32 Å². The van der Waals surface area contributed by atoms with Crippen LogP contribution in [0.1, 0.15) is 13.3 Å². The molecule has 3 rings (SSSR count). The highest BCUT2D eigenvalue weighted by molar-refractivity contribution is 5.98. The number of carbonyl (C=O) groups is 2. The molecule has 0 bridgehead atoms. The van der Waals surface area contributed by atoms with Crippen LogP contribution >= 0.6 is 0 Å².